The van der Waals surface area contributed by atoms with Crippen LogP contribution in [0.1, 0.15) is 55.0 Å². The molecule has 3 heteroatoms. The van der Waals surface area contributed by atoms with Crippen molar-refractivity contribution in [3.05, 3.63) is 20.8 Å². The zero-order valence-corrected chi connectivity index (χ0v) is 12.2. The monoisotopic (exact) mass is 281 g/mol. The van der Waals surface area contributed by atoms with Crippen molar-refractivity contribution >= 4 is 22.9 Å². The zero-order valence-electron chi connectivity index (χ0n) is 10.6. The molecule has 1 N–H and O–H groups in total. The summed E-state index contributed by atoms with van der Waals surface area (Å²) >= 11 is 7.98. The molecule has 1 nitrogen and oxygen atoms in total. The fourth-order valence-electron chi connectivity index (χ4n) is 4.40. The molecular weight excluding hydrogens is 262 g/mol. The molecule has 4 atom stereocenters. The van der Waals surface area contributed by atoms with Crippen LogP contribution in [0, 0.1) is 11.8 Å². The van der Waals surface area contributed by atoms with Gasteiger partial charge >= 0.3 is 0 Å². The molecule has 1 heterocycles. The van der Waals surface area contributed by atoms with Crippen molar-refractivity contribution < 1.29 is 0 Å². The maximum Gasteiger partial charge on any atom is 0.0934 e. The lowest BCUT2D eigenvalue weighted by Gasteiger charge is -2.31. The standard InChI is InChI=1S/C15H20ClNS/c16-15-8-11-12(2-1-3-14(11)18-15)17-13-7-9-4-5-10(13)6-9/h8-10,12-13,17H,1-7H2. The second-order valence-corrected chi connectivity index (χ2v) is 8.09. The first kappa shape index (κ1) is 11.7. The van der Waals surface area contributed by atoms with Crippen LogP contribution in [0.4, 0.5) is 0 Å². The van der Waals surface area contributed by atoms with Gasteiger partial charge in [0.25, 0.3) is 0 Å². The van der Waals surface area contributed by atoms with Gasteiger partial charge in [0.15, 0.2) is 0 Å². The first-order valence-corrected chi connectivity index (χ1v) is 8.53. The van der Waals surface area contributed by atoms with E-state index in [1.807, 2.05) is 0 Å². The molecule has 4 unspecified atom stereocenters. The molecule has 3 aliphatic rings. The van der Waals surface area contributed by atoms with Crippen molar-refractivity contribution in [3.63, 3.8) is 0 Å². The summed E-state index contributed by atoms with van der Waals surface area (Å²) in [6, 6.07) is 3.59. The van der Waals surface area contributed by atoms with E-state index in [-0.39, 0.29) is 0 Å². The molecule has 2 saturated carbocycles. The van der Waals surface area contributed by atoms with Crippen LogP contribution < -0.4 is 5.32 Å². The Morgan fingerprint density at radius 2 is 2.17 bits per heavy atom. The molecule has 0 aromatic carbocycles. The molecule has 3 aliphatic carbocycles. The van der Waals surface area contributed by atoms with Gasteiger partial charge in [0.2, 0.25) is 0 Å². The van der Waals surface area contributed by atoms with Gasteiger partial charge in [-0.25, -0.2) is 0 Å². The number of halogens is 1. The van der Waals surface area contributed by atoms with Gasteiger partial charge < -0.3 is 5.32 Å². The Bertz CT molecular complexity index is 455. The zero-order chi connectivity index (χ0) is 12.1. The molecule has 1 aromatic heterocycles. The average molecular weight is 282 g/mol. The summed E-state index contributed by atoms with van der Waals surface area (Å²) in [4.78, 5) is 1.53. The van der Waals surface area contributed by atoms with Gasteiger partial charge in [-0.05, 0) is 62.0 Å². The Hall–Kier alpha value is -0.0500. The molecule has 1 aromatic rings. The summed E-state index contributed by atoms with van der Waals surface area (Å²) in [7, 11) is 0. The van der Waals surface area contributed by atoms with Gasteiger partial charge in [-0.1, -0.05) is 18.0 Å². The van der Waals surface area contributed by atoms with Crippen LogP contribution in [0.15, 0.2) is 6.07 Å². The van der Waals surface area contributed by atoms with Crippen molar-refractivity contribution in [2.75, 3.05) is 0 Å². The van der Waals surface area contributed by atoms with Crippen LogP contribution in [0.25, 0.3) is 0 Å². The van der Waals surface area contributed by atoms with Crippen molar-refractivity contribution in [2.24, 2.45) is 11.8 Å². The second-order valence-electron chi connectivity index (χ2n) is 6.32. The lowest BCUT2D eigenvalue weighted by molar-refractivity contribution is 0.305. The van der Waals surface area contributed by atoms with Gasteiger partial charge in [0, 0.05) is 17.0 Å². The Morgan fingerprint density at radius 3 is 2.94 bits per heavy atom. The first-order valence-electron chi connectivity index (χ1n) is 7.34. The normalized spacial score (nSPS) is 38.1. The maximum absolute atomic E-state index is 6.19. The van der Waals surface area contributed by atoms with Crippen molar-refractivity contribution in [3.8, 4) is 0 Å². The van der Waals surface area contributed by atoms with Gasteiger partial charge in [0.05, 0.1) is 4.34 Å². The minimum atomic E-state index is 0.585. The van der Waals surface area contributed by atoms with E-state index in [0.717, 1.165) is 22.2 Å². The predicted molar refractivity (Wildman–Crippen MR) is 77.4 cm³/mol. The summed E-state index contributed by atoms with van der Waals surface area (Å²) in [5.74, 6) is 2.00. The first-order chi connectivity index (χ1) is 8.79. The van der Waals surface area contributed by atoms with Crippen molar-refractivity contribution in [1.29, 1.82) is 0 Å². The molecule has 98 valence electrons. The SMILES string of the molecule is Clc1cc2c(s1)CCCC2NC1CC2CCC1C2. The Labute approximate surface area is 118 Å². The van der Waals surface area contributed by atoms with Gasteiger partial charge in [-0.2, -0.15) is 0 Å². The minimum Gasteiger partial charge on any atom is -0.307 e. The van der Waals surface area contributed by atoms with E-state index in [9.17, 15) is 0 Å². The fourth-order valence-corrected chi connectivity index (χ4v) is 5.79. The molecule has 0 aliphatic heterocycles. The lowest BCUT2D eigenvalue weighted by atomic mass is 9.90. The van der Waals surface area contributed by atoms with E-state index in [1.54, 1.807) is 11.3 Å². The highest BCUT2D eigenvalue weighted by molar-refractivity contribution is 7.16. The maximum atomic E-state index is 6.19. The summed E-state index contributed by atoms with van der Waals surface area (Å²) in [6.07, 6.45) is 9.73. The van der Waals surface area contributed by atoms with Crippen LogP contribution in [-0.2, 0) is 6.42 Å². The van der Waals surface area contributed by atoms with Crippen LogP contribution in [0.3, 0.4) is 0 Å². The summed E-state index contributed by atoms with van der Waals surface area (Å²) in [5, 5.41) is 3.97. The second kappa shape index (κ2) is 4.50. The molecule has 2 fully saturated rings. The molecule has 4 rings (SSSR count). The lowest BCUT2D eigenvalue weighted by Crippen LogP contribution is -2.37. The Balaban J connectivity index is 1.52. The van der Waals surface area contributed by atoms with E-state index in [4.69, 9.17) is 11.6 Å². The summed E-state index contributed by atoms with van der Waals surface area (Å²) < 4.78 is 0.974. The highest BCUT2D eigenvalue weighted by atomic mass is 35.5. The van der Waals surface area contributed by atoms with E-state index < -0.39 is 0 Å². The fraction of sp³-hybridized carbons (Fsp3) is 0.733. The highest BCUT2D eigenvalue weighted by Gasteiger charge is 2.40. The smallest absolute Gasteiger partial charge is 0.0934 e. The highest BCUT2D eigenvalue weighted by Crippen LogP contribution is 2.46. The Kier molecular flexibility index (Phi) is 2.94. The third-order valence-electron chi connectivity index (χ3n) is 5.24. The molecule has 0 spiro atoms. The molecule has 2 bridgehead atoms. The molecule has 0 saturated heterocycles. The van der Waals surface area contributed by atoms with E-state index in [0.29, 0.717) is 6.04 Å². The third kappa shape index (κ3) is 1.93. The topological polar surface area (TPSA) is 12.0 Å². The number of hydrogen-bond acceptors (Lipinski definition) is 2. The van der Waals surface area contributed by atoms with Crippen LogP contribution >= 0.6 is 22.9 Å². The quantitative estimate of drug-likeness (QED) is 0.838. The molecular formula is C15H20ClNS. The van der Waals surface area contributed by atoms with Gasteiger partial charge in [-0.3, -0.25) is 0 Å². The van der Waals surface area contributed by atoms with Crippen LogP contribution in [0.2, 0.25) is 4.34 Å². The largest absolute Gasteiger partial charge is 0.307 e. The van der Waals surface area contributed by atoms with E-state index in [1.165, 1.54) is 55.4 Å². The number of fused-ring (bicyclic) bond motifs is 3. The van der Waals surface area contributed by atoms with Crippen molar-refractivity contribution in [2.45, 2.75) is 57.0 Å². The minimum absolute atomic E-state index is 0.585. The number of rotatable bonds is 2. The van der Waals surface area contributed by atoms with E-state index in [2.05, 4.69) is 11.4 Å². The Morgan fingerprint density at radius 1 is 1.22 bits per heavy atom. The molecule has 0 amide bonds. The van der Waals surface area contributed by atoms with Gasteiger partial charge in [-0.15, -0.1) is 11.3 Å². The average Bonchev–Trinajstić information content (AvgIpc) is 3.02. The number of thiophene rings is 1. The summed E-state index contributed by atoms with van der Waals surface area (Å²) in [5.41, 5.74) is 1.51. The van der Waals surface area contributed by atoms with Crippen LogP contribution in [-0.4, -0.2) is 6.04 Å². The molecule has 0 radical (unpaired) electrons. The molecule has 18 heavy (non-hydrogen) atoms. The van der Waals surface area contributed by atoms with Crippen LogP contribution in [0.5, 0.6) is 0 Å². The van der Waals surface area contributed by atoms with E-state index >= 15 is 0 Å². The third-order valence-corrected chi connectivity index (χ3v) is 6.58. The number of hydrogen-bond donors (Lipinski definition) is 1. The van der Waals surface area contributed by atoms with Crippen molar-refractivity contribution in [1.82, 2.24) is 5.32 Å². The van der Waals surface area contributed by atoms with Gasteiger partial charge in [0.1, 0.15) is 0 Å². The predicted octanol–water partition coefficient (Wildman–Crippen LogP) is 4.56. The number of aryl methyl sites for hydroxylation is 1. The summed E-state index contributed by atoms with van der Waals surface area (Å²) in [6.45, 7) is 0. The number of nitrogens with one attached hydrogen (secondary N) is 1.